The molecule has 1 amide bonds. The number of rotatable bonds is 18. The molecular weight excluding hydrogens is 1010 g/mol. The smallest absolute Gasteiger partial charge is 0.410 e. The van der Waals surface area contributed by atoms with Gasteiger partial charge in [0, 0.05) is 65.7 Å². The van der Waals surface area contributed by atoms with Crippen molar-refractivity contribution in [1.29, 1.82) is 0 Å². The number of amides is 1. The van der Waals surface area contributed by atoms with E-state index < -0.39 is 61.1 Å². The summed E-state index contributed by atoms with van der Waals surface area (Å²) in [4.78, 5) is 16.7. The highest BCUT2D eigenvalue weighted by Gasteiger charge is 2.49. The van der Waals surface area contributed by atoms with Crippen LogP contribution in [0.4, 0.5) is 24.5 Å². The van der Waals surface area contributed by atoms with Crippen LogP contribution >= 0.6 is 23.4 Å². The Morgan fingerprint density at radius 2 is 1.48 bits per heavy atom. The van der Waals surface area contributed by atoms with Crippen molar-refractivity contribution in [2.75, 3.05) is 61.9 Å². The van der Waals surface area contributed by atoms with Gasteiger partial charge < -0.3 is 19.4 Å². The van der Waals surface area contributed by atoms with E-state index in [1.807, 2.05) is 65.4 Å². The highest BCUT2D eigenvalue weighted by molar-refractivity contribution is 7.99. The number of alkyl halides is 3. The Balaban J connectivity index is 1.06. The van der Waals surface area contributed by atoms with Crippen LogP contribution in [0, 0.1) is 5.92 Å². The summed E-state index contributed by atoms with van der Waals surface area (Å²) in [5, 5.41) is 3.64. The molecule has 0 aromatic heterocycles. The minimum absolute atomic E-state index is 0.0192. The minimum Gasteiger partial charge on any atom is -0.410 e. The van der Waals surface area contributed by atoms with Crippen LogP contribution in [0.1, 0.15) is 62.1 Å². The summed E-state index contributed by atoms with van der Waals surface area (Å²) in [5.41, 5.74) is -2.07. The molecule has 11 nitrogen and oxygen atoms in total. The van der Waals surface area contributed by atoms with Crippen LogP contribution in [0.2, 0.25) is 23.2 Å². The molecule has 5 aromatic carbocycles. The first kappa shape index (κ1) is 54.4. The monoisotopic (exact) mass is 1070 g/mol. The number of benzene rings is 5. The zero-order chi connectivity index (χ0) is 51.2. The molecule has 2 atom stereocenters. The van der Waals surface area contributed by atoms with Gasteiger partial charge in [-0.25, -0.2) is 21.6 Å². The lowest BCUT2D eigenvalue weighted by atomic mass is 9.84. The maximum absolute atomic E-state index is 14.3. The quantitative estimate of drug-likeness (QED) is 0.0641. The third-order valence-corrected chi connectivity index (χ3v) is 22.4. The Morgan fingerprint density at radius 1 is 0.845 bits per heavy atom. The van der Waals surface area contributed by atoms with E-state index in [9.17, 15) is 34.8 Å². The van der Waals surface area contributed by atoms with Crippen molar-refractivity contribution < 1.29 is 44.0 Å². The average Bonchev–Trinajstić information content (AvgIpc) is 3.34. The number of sulfone groups is 1. The molecule has 2 aliphatic heterocycles. The van der Waals surface area contributed by atoms with Gasteiger partial charge in [0.2, 0.25) is 0 Å². The van der Waals surface area contributed by atoms with E-state index in [-0.39, 0.29) is 22.6 Å². The molecule has 0 saturated carbocycles. The molecule has 2 saturated heterocycles. The fraction of sp³-hybridized carbons (Fsp3) is 0.404. The lowest BCUT2D eigenvalue weighted by Gasteiger charge is -2.44. The van der Waals surface area contributed by atoms with Crippen LogP contribution in [-0.4, -0.2) is 99.2 Å². The van der Waals surface area contributed by atoms with Crippen LogP contribution in [-0.2, 0) is 29.0 Å². The van der Waals surface area contributed by atoms with E-state index in [1.54, 1.807) is 12.1 Å². The number of thioether (sulfide) groups is 1. The van der Waals surface area contributed by atoms with E-state index >= 15 is 0 Å². The van der Waals surface area contributed by atoms with Crippen molar-refractivity contribution in [1.82, 2.24) is 9.62 Å². The summed E-state index contributed by atoms with van der Waals surface area (Å²) in [6.45, 7) is 15.6. The number of halogens is 4. The Kier molecular flexibility index (Phi) is 17.5. The Labute approximate surface area is 426 Å². The molecule has 2 N–H and O–H groups in total. The van der Waals surface area contributed by atoms with Crippen molar-refractivity contribution in [3.63, 3.8) is 0 Å². The number of morpholine rings is 1. The zero-order valence-corrected chi connectivity index (χ0v) is 44.8. The highest BCUT2D eigenvalue weighted by atomic mass is 35.5. The van der Waals surface area contributed by atoms with E-state index in [2.05, 4.69) is 67.2 Å². The zero-order valence-electron chi connectivity index (χ0n) is 40.5. The van der Waals surface area contributed by atoms with Crippen molar-refractivity contribution in [3.8, 4) is 11.1 Å². The van der Waals surface area contributed by atoms with E-state index in [1.165, 1.54) is 23.9 Å². The molecule has 0 bridgehead atoms. The second-order valence-corrected chi connectivity index (χ2v) is 29.4. The van der Waals surface area contributed by atoms with Gasteiger partial charge in [-0.1, -0.05) is 87.0 Å². The van der Waals surface area contributed by atoms with Crippen LogP contribution < -0.4 is 14.9 Å². The molecule has 2 unspecified atom stereocenters. The van der Waals surface area contributed by atoms with Crippen molar-refractivity contribution in [2.24, 2.45) is 5.92 Å². The molecule has 71 heavy (non-hydrogen) atoms. The molecule has 382 valence electrons. The van der Waals surface area contributed by atoms with Gasteiger partial charge in [-0.15, -0.1) is 11.8 Å². The van der Waals surface area contributed by atoms with E-state index in [4.69, 9.17) is 20.8 Å². The topological polar surface area (TPSA) is 134 Å². The molecule has 7 rings (SSSR count). The second kappa shape index (κ2) is 22.8. The molecule has 5 aromatic rings. The van der Waals surface area contributed by atoms with Crippen molar-refractivity contribution in [2.45, 2.75) is 90.5 Å². The predicted molar refractivity (Wildman–Crippen MR) is 280 cm³/mol. The summed E-state index contributed by atoms with van der Waals surface area (Å²) < 4.78 is 111. The number of carbonyl (C=O) groups excluding carboxylic acids is 1. The maximum atomic E-state index is 14.3. The number of hydrogen-bond donors (Lipinski definition) is 2. The fourth-order valence-electron chi connectivity index (χ4n) is 8.50. The third-order valence-electron chi connectivity index (χ3n) is 13.6. The van der Waals surface area contributed by atoms with Gasteiger partial charge in [-0.2, -0.15) is 13.2 Å². The average molecular weight is 1070 g/mol. The van der Waals surface area contributed by atoms with Gasteiger partial charge >= 0.3 is 5.51 Å². The maximum Gasteiger partial charge on any atom is 0.501 e. The summed E-state index contributed by atoms with van der Waals surface area (Å²) in [7, 11) is -13.2. The normalized spacial score (nSPS) is 16.6. The minimum atomic E-state index is -6.07. The molecule has 0 aliphatic carbocycles. The van der Waals surface area contributed by atoms with Crippen LogP contribution in [0.5, 0.6) is 0 Å². The molecule has 19 heteroatoms. The number of piperidine rings is 1. The molecule has 2 fully saturated rings. The summed E-state index contributed by atoms with van der Waals surface area (Å²) in [6, 6.07) is 33.9. The number of sulfonamides is 1. The van der Waals surface area contributed by atoms with Crippen LogP contribution in [0.25, 0.3) is 11.1 Å². The van der Waals surface area contributed by atoms with Crippen molar-refractivity contribution >= 4 is 68.8 Å². The number of carbonyl (C=O) groups is 1. The lowest BCUT2D eigenvalue weighted by molar-refractivity contribution is -0.0435. The number of nitrogens with one attached hydrogen (secondary N) is 2. The highest BCUT2D eigenvalue weighted by Crippen LogP contribution is 2.46. The predicted octanol–water partition coefficient (Wildman–Crippen LogP) is 11.7. The Bertz CT molecular complexity index is 2820. The first-order valence-corrected chi connectivity index (χ1v) is 30.9. The van der Waals surface area contributed by atoms with Crippen LogP contribution in [0.15, 0.2) is 136 Å². The number of anilines is 2. The summed E-state index contributed by atoms with van der Waals surface area (Å²) in [6.07, 6.45) is 1.90. The summed E-state index contributed by atoms with van der Waals surface area (Å²) in [5.74, 6) is -0.481. The molecule has 2 heterocycles. The number of ether oxygens (including phenoxy) is 1. The molecule has 0 spiro atoms. The Hall–Kier alpha value is -4.40. The number of hydrogen-bond acceptors (Lipinski definition) is 11. The third kappa shape index (κ3) is 13.6. The molecular formula is C52H62ClF3N4O7S3Si. The largest absolute Gasteiger partial charge is 0.501 e. The first-order chi connectivity index (χ1) is 33.5. The van der Waals surface area contributed by atoms with Gasteiger partial charge in [0.25, 0.3) is 25.8 Å². The van der Waals surface area contributed by atoms with E-state index in [0.717, 1.165) is 52.2 Å². The molecule has 2 aliphatic rings. The number of nitrogens with zero attached hydrogens (tertiary/aromatic N) is 2. The summed E-state index contributed by atoms with van der Waals surface area (Å²) >= 11 is 7.71. The molecule has 0 radical (unpaired) electrons. The van der Waals surface area contributed by atoms with Crippen LogP contribution in [0.3, 0.4) is 0 Å². The van der Waals surface area contributed by atoms with Gasteiger partial charge in [-0.05, 0) is 127 Å². The van der Waals surface area contributed by atoms with Gasteiger partial charge in [-0.3, -0.25) is 9.69 Å². The standard InChI is InChI=1S/C52H62ClF3N4O7S3Si/c1-51(2,3)71(4,5)67-49(46-14-10-9-13-45(46)37-15-19-40(53)20-16-37)38-25-29-60(30-26-38)42-21-17-39(18-22-42)50(61)58-70(64,65)44-23-24-47(48(35-44)69(62,63)52(54,55)56)57-41(27-28-59-31-33-66-34-32-59)36-68-43-11-7-6-8-12-43/h6-24,35,38,41,49,57H,25-34,36H2,1-5H3,(H,58,61). The second-order valence-electron chi connectivity index (χ2n) is 19.5. The van der Waals surface area contributed by atoms with Crippen molar-refractivity contribution in [3.05, 3.63) is 137 Å². The lowest BCUT2D eigenvalue weighted by Crippen LogP contribution is -2.45. The van der Waals surface area contributed by atoms with Gasteiger partial charge in [0.05, 0.1) is 29.9 Å². The first-order valence-electron chi connectivity index (χ1n) is 23.7. The fourth-order valence-corrected chi connectivity index (χ4v) is 12.9. The van der Waals surface area contributed by atoms with Gasteiger partial charge in [0.15, 0.2) is 8.32 Å². The van der Waals surface area contributed by atoms with E-state index in [0.29, 0.717) is 69.2 Å². The SMILES string of the molecule is CC(C)(C)[Si](C)(C)OC(c1ccccc1-c1ccc(Cl)cc1)C1CCN(c2ccc(C(=O)NS(=O)(=O)c3ccc(NC(CCN4CCOCC4)CSc4ccccc4)c(S(=O)(=O)C(F)(F)F)c3)cc2)CC1. The van der Waals surface area contributed by atoms with Gasteiger partial charge in [0.1, 0.15) is 4.90 Å². The Morgan fingerprint density at radius 3 is 2.11 bits per heavy atom.